The van der Waals surface area contributed by atoms with Crippen molar-refractivity contribution < 1.29 is 9.53 Å². The van der Waals surface area contributed by atoms with E-state index in [4.69, 9.17) is 10.5 Å². The van der Waals surface area contributed by atoms with Gasteiger partial charge in [0, 0.05) is 6.54 Å². The molecule has 0 fully saturated rings. The van der Waals surface area contributed by atoms with Gasteiger partial charge in [0.2, 0.25) is 5.91 Å². The number of carbonyl (C=O) groups is 1. The minimum atomic E-state index is -0.384. The summed E-state index contributed by atoms with van der Waals surface area (Å²) in [6, 6.07) is 6.30. The van der Waals surface area contributed by atoms with Gasteiger partial charge in [0.05, 0.1) is 5.75 Å². The fraction of sp³-hybridized carbons (Fsp3) is 0.389. The summed E-state index contributed by atoms with van der Waals surface area (Å²) >= 11 is 1.27. The lowest BCUT2D eigenvalue weighted by molar-refractivity contribution is -0.115. The zero-order valence-electron chi connectivity index (χ0n) is 14.1. The third-order valence-electron chi connectivity index (χ3n) is 4.14. The van der Waals surface area contributed by atoms with Crippen LogP contribution in [0, 0.1) is 0 Å². The summed E-state index contributed by atoms with van der Waals surface area (Å²) in [5.74, 6) is 1.33. The molecular weight excluding hydrogens is 336 g/mol. The molecule has 1 aromatic carbocycles. The fourth-order valence-corrected chi connectivity index (χ4v) is 3.63. The van der Waals surface area contributed by atoms with Crippen LogP contribution in [-0.2, 0) is 30.8 Å². The minimum Gasteiger partial charge on any atom is -0.486 e. The molecule has 0 saturated carbocycles. The molecule has 1 aliphatic carbocycles. The van der Waals surface area contributed by atoms with Crippen molar-refractivity contribution in [3.8, 4) is 5.75 Å². The smallest absolute Gasteiger partial charge is 0.227 e. The average Bonchev–Trinajstić information content (AvgIpc) is 3.00. The Morgan fingerprint density at radius 1 is 1.32 bits per heavy atom. The first-order valence-electron chi connectivity index (χ1n) is 8.36. The number of fused-ring (bicyclic) bond motifs is 1. The molecule has 2 aromatic rings. The van der Waals surface area contributed by atoms with Gasteiger partial charge in [-0.3, -0.25) is 9.36 Å². The highest BCUT2D eigenvalue weighted by molar-refractivity contribution is 7.99. The van der Waals surface area contributed by atoms with E-state index in [0.29, 0.717) is 24.1 Å². The van der Waals surface area contributed by atoms with Crippen LogP contribution in [0.25, 0.3) is 0 Å². The van der Waals surface area contributed by atoms with Crippen molar-refractivity contribution in [2.24, 2.45) is 5.73 Å². The Bertz CT molecular complexity index is 772. The molecule has 0 saturated heterocycles. The summed E-state index contributed by atoms with van der Waals surface area (Å²) < 4.78 is 7.81. The van der Waals surface area contributed by atoms with Crippen LogP contribution in [0.1, 0.15) is 29.8 Å². The third-order valence-corrected chi connectivity index (χ3v) is 5.13. The maximum absolute atomic E-state index is 11.0. The van der Waals surface area contributed by atoms with E-state index in [1.165, 1.54) is 35.7 Å². The lowest BCUT2D eigenvalue weighted by atomic mass is 9.92. The fourth-order valence-electron chi connectivity index (χ4n) is 2.93. The van der Waals surface area contributed by atoms with Crippen LogP contribution in [0.3, 0.4) is 0 Å². The Hall–Kier alpha value is -2.28. The molecule has 3 rings (SSSR count). The van der Waals surface area contributed by atoms with Crippen LogP contribution < -0.4 is 10.5 Å². The summed E-state index contributed by atoms with van der Waals surface area (Å²) in [5, 5.41) is 8.95. The number of aryl methyl sites for hydroxylation is 2. The number of benzene rings is 1. The zero-order valence-corrected chi connectivity index (χ0v) is 14.9. The van der Waals surface area contributed by atoms with Crippen LogP contribution in [0.5, 0.6) is 5.75 Å². The number of nitrogens with two attached hydrogens (primary N) is 1. The van der Waals surface area contributed by atoms with E-state index in [0.717, 1.165) is 18.6 Å². The maximum Gasteiger partial charge on any atom is 0.227 e. The number of hydrogen-bond donors (Lipinski definition) is 1. The molecule has 6 nitrogen and oxygen atoms in total. The van der Waals surface area contributed by atoms with Crippen molar-refractivity contribution in [2.75, 3.05) is 5.75 Å². The Balaban J connectivity index is 1.69. The van der Waals surface area contributed by atoms with E-state index in [2.05, 4.69) is 28.9 Å². The number of amides is 1. The molecule has 0 bridgehead atoms. The van der Waals surface area contributed by atoms with Crippen LogP contribution >= 0.6 is 11.8 Å². The standard InChI is InChI=1S/C18H22N4O2S/c1-2-9-22-17(20-21-18(22)25-12-16(19)23)11-24-15-8-7-13-5-3-4-6-14(13)10-15/h2,7-8,10H,1,3-6,9,11-12H2,(H2,19,23). The van der Waals surface area contributed by atoms with E-state index in [9.17, 15) is 4.79 Å². The first kappa shape index (κ1) is 17.5. The molecule has 0 radical (unpaired) electrons. The van der Waals surface area contributed by atoms with Gasteiger partial charge in [-0.05, 0) is 48.9 Å². The van der Waals surface area contributed by atoms with Gasteiger partial charge in [-0.1, -0.05) is 23.9 Å². The monoisotopic (exact) mass is 358 g/mol. The van der Waals surface area contributed by atoms with E-state index in [-0.39, 0.29) is 11.7 Å². The Labute approximate surface area is 151 Å². The molecule has 0 unspecified atom stereocenters. The highest BCUT2D eigenvalue weighted by atomic mass is 32.2. The second kappa shape index (κ2) is 8.20. The SMILES string of the molecule is C=CCn1c(COc2ccc3c(c2)CCCC3)nnc1SCC(N)=O. The van der Waals surface area contributed by atoms with Gasteiger partial charge >= 0.3 is 0 Å². The highest BCUT2D eigenvalue weighted by Crippen LogP contribution is 2.26. The summed E-state index contributed by atoms with van der Waals surface area (Å²) in [6.07, 6.45) is 6.55. The lowest BCUT2D eigenvalue weighted by Crippen LogP contribution is -2.14. The maximum atomic E-state index is 11.0. The molecule has 0 spiro atoms. The molecule has 7 heteroatoms. The number of ether oxygens (including phenoxy) is 1. The Morgan fingerprint density at radius 2 is 2.12 bits per heavy atom. The molecule has 1 heterocycles. The molecular formula is C18H22N4O2S. The van der Waals surface area contributed by atoms with Gasteiger partial charge in [0.1, 0.15) is 12.4 Å². The van der Waals surface area contributed by atoms with Gasteiger partial charge in [0.15, 0.2) is 11.0 Å². The Kier molecular flexibility index (Phi) is 5.75. The van der Waals surface area contributed by atoms with Gasteiger partial charge < -0.3 is 10.5 Å². The topological polar surface area (TPSA) is 83.0 Å². The minimum absolute atomic E-state index is 0.168. The molecule has 1 aliphatic rings. The predicted octanol–water partition coefficient (Wildman–Crippen LogP) is 2.50. The summed E-state index contributed by atoms with van der Waals surface area (Å²) in [5.41, 5.74) is 8.01. The number of rotatable bonds is 8. The molecule has 1 amide bonds. The van der Waals surface area contributed by atoms with Crippen LogP contribution in [0.2, 0.25) is 0 Å². The summed E-state index contributed by atoms with van der Waals surface area (Å²) in [6.45, 7) is 4.63. The van der Waals surface area contributed by atoms with E-state index in [1.54, 1.807) is 6.08 Å². The average molecular weight is 358 g/mol. The van der Waals surface area contributed by atoms with Crippen molar-refractivity contribution in [2.45, 2.75) is 44.0 Å². The number of thioether (sulfide) groups is 1. The number of primary amides is 1. The number of nitrogens with zero attached hydrogens (tertiary/aromatic N) is 3. The van der Waals surface area contributed by atoms with Gasteiger partial charge in [0.25, 0.3) is 0 Å². The van der Waals surface area contributed by atoms with E-state index < -0.39 is 0 Å². The largest absolute Gasteiger partial charge is 0.486 e. The van der Waals surface area contributed by atoms with Crippen molar-refractivity contribution in [3.05, 3.63) is 47.8 Å². The Morgan fingerprint density at radius 3 is 2.88 bits per heavy atom. The zero-order chi connectivity index (χ0) is 17.6. The summed E-state index contributed by atoms with van der Waals surface area (Å²) in [7, 11) is 0. The van der Waals surface area contributed by atoms with Crippen LogP contribution in [-0.4, -0.2) is 26.4 Å². The van der Waals surface area contributed by atoms with Crippen molar-refractivity contribution in [1.29, 1.82) is 0 Å². The molecule has 25 heavy (non-hydrogen) atoms. The number of allylic oxidation sites excluding steroid dienone is 1. The van der Waals surface area contributed by atoms with E-state index >= 15 is 0 Å². The quantitative estimate of drug-likeness (QED) is 0.579. The molecule has 0 aliphatic heterocycles. The van der Waals surface area contributed by atoms with Gasteiger partial charge in [-0.15, -0.1) is 16.8 Å². The van der Waals surface area contributed by atoms with Crippen LogP contribution in [0.4, 0.5) is 0 Å². The second-order valence-electron chi connectivity index (χ2n) is 5.98. The predicted molar refractivity (Wildman–Crippen MR) is 97.6 cm³/mol. The highest BCUT2D eigenvalue weighted by Gasteiger charge is 2.14. The normalized spacial score (nSPS) is 13.3. The van der Waals surface area contributed by atoms with Crippen molar-refractivity contribution in [3.63, 3.8) is 0 Å². The number of carbonyl (C=O) groups excluding carboxylic acids is 1. The van der Waals surface area contributed by atoms with E-state index in [1.807, 2.05) is 10.6 Å². The molecule has 132 valence electrons. The second-order valence-corrected chi connectivity index (χ2v) is 6.92. The molecule has 1 aromatic heterocycles. The first-order chi connectivity index (χ1) is 12.2. The number of hydrogen-bond acceptors (Lipinski definition) is 5. The van der Waals surface area contributed by atoms with Gasteiger partial charge in [-0.25, -0.2) is 0 Å². The first-order valence-corrected chi connectivity index (χ1v) is 9.34. The molecule has 0 atom stereocenters. The van der Waals surface area contributed by atoms with Gasteiger partial charge in [-0.2, -0.15) is 0 Å². The molecule has 2 N–H and O–H groups in total. The van der Waals surface area contributed by atoms with Crippen molar-refractivity contribution >= 4 is 17.7 Å². The lowest BCUT2D eigenvalue weighted by Gasteiger charge is -2.16. The third kappa shape index (κ3) is 4.42. The van der Waals surface area contributed by atoms with Crippen molar-refractivity contribution in [1.82, 2.24) is 14.8 Å². The number of aromatic nitrogens is 3. The van der Waals surface area contributed by atoms with Crippen LogP contribution in [0.15, 0.2) is 36.0 Å². The summed E-state index contributed by atoms with van der Waals surface area (Å²) in [4.78, 5) is 11.0.